The summed E-state index contributed by atoms with van der Waals surface area (Å²) >= 11 is 0. The van der Waals surface area contributed by atoms with E-state index in [0.717, 1.165) is 21.8 Å². The van der Waals surface area contributed by atoms with Crippen molar-refractivity contribution in [2.75, 3.05) is 7.11 Å². The van der Waals surface area contributed by atoms with Gasteiger partial charge in [-0.15, -0.1) is 0 Å². The van der Waals surface area contributed by atoms with E-state index in [1.54, 1.807) is 19.2 Å². The molecule has 0 bridgehead atoms. The van der Waals surface area contributed by atoms with Gasteiger partial charge >= 0.3 is 0 Å². The first-order valence-corrected chi connectivity index (χ1v) is 6.46. The van der Waals surface area contributed by atoms with E-state index in [1.165, 1.54) is 12.1 Å². The Morgan fingerprint density at radius 3 is 2.75 bits per heavy atom. The van der Waals surface area contributed by atoms with Gasteiger partial charge in [-0.3, -0.25) is 4.79 Å². The number of fused-ring (bicyclic) bond motifs is 3. The fourth-order valence-electron chi connectivity index (χ4n) is 2.47. The lowest BCUT2D eigenvalue weighted by molar-refractivity contribution is 0.0989. The maximum Gasteiger partial charge on any atom is 0.164 e. The normalized spacial score (nSPS) is 11.2. The second-order valence-corrected chi connectivity index (χ2v) is 4.69. The van der Waals surface area contributed by atoms with Crippen molar-refractivity contribution in [2.24, 2.45) is 0 Å². The number of halogens is 1. The molecule has 0 saturated carbocycles. The number of aromatic amines is 1. The maximum absolute atomic E-state index is 13.4. The molecule has 2 aromatic carbocycles. The Kier molecular flexibility index (Phi) is 2.93. The lowest BCUT2D eigenvalue weighted by Gasteiger charge is -2.05. The zero-order valence-corrected chi connectivity index (χ0v) is 11.3. The van der Waals surface area contributed by atoms with Gasteiger partial charge in [-0.25, -0.2) is 4.39 Å². The van der Waals surface area contributed by atoms with Crippen molar-refractivity contribution in [1.29, 1.82) is 0 Å². The Labute approximate surface area is 115 Å². The summed E-state index contributed by atoms with van der Waals surface area (Å²) in [7, 11) is 1.55. The van der Waals surface area contributed by atoms with E-state index in [4.69, 9.17) is 4.74 Å². The zero-order valence-electron chi connectivity index (χ0n) is 11.3. The molecule has 1 aromatic heterocycles. The van der Waals surface area contributed by atoms with E-state index < -0.39 is 0 Å². The van der Waals surface area contributed by atoms with E-state index in [0.29, 0.717) is 17.7 Å². The third-order valence-electron chi connectivity index (χ3n) is 3.50. The number of Topliss-reactive ketones (excluding diaryl/α,β-unsaturated/α-hetero) is 1. The highest BCUT2D eigenvalue weighted by Gasteiger charge is 2.15. The molecule has 0 aliphatic rings. The number of methoxy groups -OCH3 is 1. The molecule has 3 rings (SSSR count). The quantitative estimate of drug-likeness (QED) is 0.730. The van der Waals surface area contributed by atoms with Crippen LogP contribution in [0.1, 0.15) is 23.7 Å². The van der Waals surface area contributed by atoms with E-state index in [1.807, 2.05) is 13.0 Å². The molecule has 0 unspecified atom stereocenters. The Morgan fingerprint density at radius 1 is 1.25 bits per heavy atom. The number of benzene rings is 2. The molecule has 0 amide bonds. The third-order valence-corrected chi connectivity index (χ3v) is 3.50. The molecule has 0 atom stereocenters. The van der Waals surface area contributed by atoms with E-state index in [2.05, 4.69) is 4.98 Å². The van der Waals surface area contributed by atoms with Gasteiger partial charge in [0.15, 0.2) is 5.78 Å². The van der Waals surface area contributed by atoms with Gasteiger partial charge in [0.1, 0.15) is 11.6 Å². The molecule has 102 valence electrons. The van der Waals surface area contributed by atoms with Crippen molar-refractivity contribution in [1.82, 2.24) is 4.98 Å². The van der Waals surface area contributed by atoms with Crippen LogP contribution in [-0.4, -0.2) is 17.9 Å². The number of aromatic nitrogens is 1. The van der Waals surface area contributed by atoms with Gasteiger partial charge in [0.2, 0.25) is 0 Å². The average Bonchev–Trinajstić information content (AvgIpc) is 2.83. The van der Waals surface area contributed by atoms with Crippen LogP contribution in [-0.2, 0) is 0 Å². The second kappa shape index (κ2) is 4.63. The van der Waals surface area contributed by atoms with Crippen LogP contribution in [0.5, 0.6) is 5.75 Å². The third kappa shape index (κ3) is 1.84. The summed E-state index contributed by atoms with van der Waals surface area (Å²) in [6.07, 6.45) is 0.409. The Morgan fingerprint density at radius 2 is 2.05 bits per heavy atom. The summed E-state index contributed by atoms with van der Waals surface area (Å²) in [5.41, 5.74) is 2.12. The Bertz CT molecular complexity index is 820. The highest BCUT2D eigenvalue weighted by atomic mass is 19.1. The molecule has 0 aliphatic carbocycles. The van der Waals surface area contributed by atoms with Crippen LogP contribution < -0.4 is 4.74 Å². The van der Waals surface area contributed by atoms with Crippen LogP contribution >= 0.6 is 0 Å². The lowest BCUT2D eigenvalue weighted by Crippen LogP contribution is -1.98. The molecule has 0 aliphatic heterocycles. The number of ether oxygens (including phenoxy) is 1. The number of carbonyl (C=O) groups excluding carboxylic acids is 1. The first-order valence-electron chi connectivity index (χ1n) is 6.46. The molecule has 3 aromatic rings. The number of hydrogen-bond acceptors (Lipinski definition) is 2. The summed E-state index contributed by atoms with van der Waals surface area (Å²) < 4.78 is 18.7. The highest BCUT2D eigenvalue weighted by molar-refractivity contribution is 6.16. The Hall–Kier alpha value is -2.36. The SMILES string of the molecule is CCC(=O)c1cc(OC)cc2c1[nH]c1ccc(F)cc12. The van der Waals surface area contributed by atoms with E-state index in [-0.39, 0.29) is 11.6 Å². The molecular formula is C16H14FNO2. The standard InChI is InChI=1S/C16H14FNO2/c1-3-15(19)13-8-10(20-2)7-12-11-6-9(17)4-5-14(11)18-16(12)13/h4-8,18H,3H2,1-2H3. The summed E-state index contributed by atoms with van der Waals surface area (Å²) in [6, 6.07) is 8.08. The van der Waals surface area contributed by atoms with Crippen molar-refractivity contribution >= 4 is 27.6 Å². The van der Waals surface area contributed by atoms with Crippen molar-refractivity contribution in [3.63, 3.8) is 0 Å². The number of hydrogen-bond donors (Lipinski definition) is 1. The number of rotatable bonds is 3. The van der Waals surface area contributed by atoms with Gasteiger partial charge in [0, 0.05) is 28.3 Å². The minimum absolute atomic E-state index is 0.0286. The molecule has 0 spiro atoms. The van der Waals surface area contributed by atoms with Crippen LogP contribution in [0.15, 0.2) is 30.3 Å². The largest absolute Gasteiger partial charge is 0.497 e. The molecule has 20 heavy (non-hydrogen) atoms. The predicted molar refractivity (Wildman–Crippen MR) is 76.9 cm³/mol. The van der Waals surface area contributed by atoms with Gasteiger partial charge in [0.05, 0.1) is 12.6 Å². The van der Waals surface area contributed by atoms with Crippen LogP contribution in [0.3, 0.4) is 0 Å². The van der Waals surface area contributed by atoms with Crippen LogP contribution in [0.25, 0.3) is 21.8 Å². The number of carbonyl (C=O) groups is 1. The molecule has 4 heteroatoms. The first-order chi connectivity index (χ1) is 9.63. The van der Waals surface area contributed by atoms with Crippen molar-refractivity contribution < 1.29 is 13.9 Å². The van der Waals surface area contributed by atoms with Crippen molar-refractivity contribution in [3.05, 3.63) is 41.7 Å². The monoisotopic (exact) mass is 271 g/mol. The van der Waals surface area contributed by atoms with Gasteiger partial charge < -0.3 is 9.72 Å². The van der Waals surface area contributed by atoms with Crippen molar-refractivity contribution in [3.8, 4) is 5.75 Å². The zero-order chi connectivity index (χ0) is 14.3. The number of ketones is 1. The van der Waals surface area contributed by atoms with Crippen LogP contribution in [0.2, 0.25) is 0 Å². The minimum atomic E-state index is -0.301. The molecule has 1 N–H and O–H groups in total. The molecule has 0 fully saturated rings. The van der Waals surface area contributed by atoms with Gasteiger partial charge in [-0.2, -0.15) is 0 Å². The lowest BCUT2D eigenvalue weighted by atomic mass is 10.0. The summed E-state index contributed by atoms with van der Waals surface area (Å²) in [6.45, 7) is 1.82. The molecule has 1 heterocycles. The first kappa shape index (κ1) is 12.7. The van der Waals surface area contributed by atoms with Crippen LogP contribution in [0, 0.1) is 5.82 Å². The number of nitrogens with one attached hydrogen (secondary N) is 1. The fraction of sp³-hybridized carbons (Fsp3) is 0.188. The maximum atomic E-state index is 13.4. The van der Waals surface area contributed by atoms with E-state index in [9.17, 15) is 9.18 Å². The van der Waals surface area contributed by atoms with Crippen LogP contribution in [0.4, 0.5) is 4.39 Å². The average molecular weight is 271 g/mol. The van der Waals surface area contributed by atoms with Crippen molar-refractivity contribution in [2.45, 2.75) is 13.3 Å². The van der Waals surface area contributed by atoms with Gasteiger partial charge in [0.25, 0.3) is 0 Å². The topological polar surface area (TPSA) is 42.1 Å². The fourth-order valence-corrected chi connectivity index (χ4v) is 2.47. The number of H-pyrrole nitrogens is 1. The summed E-state index contributed by atoms with van der Waals surface area (Å²) in [5.74, 6) is 0.324. The van der Waals surface area contributed by atoms with Gasteiger partial charge in [-0.05, 0) is 30.3 Å². The molecular weight excluding hydrogens is 257 g/mol. The predicted octanol–water partition coefficient (Wildman–Crippen LogP) is 4.06. The second-order valence-electron chi connectivity index (χ2n) is 4.69. The Balaban J connectivity index is 2.44. The highest BCUT2D eigenvalue weighted by Crippen LogP contribution is 2.32. The smallest absolute Gasteiger partial charge is 0.164 e. The van der Waals surface area contributed by atoms with E-state index >= 15 is 0 Å². The summed E-state index contributed by atoms with van der Waals surface area (Å²) in [4.78, 5) is 15.3. The molecule has 0 saturated heterocycles. The molecule has 0 radical (unpaired) electrons. The molecule has 3 nitrogen and oxygen atoms in total. The van der Waals surface area contributed by atoms with Gasteiger partial charge in [-0.1, -0.05) is 6.92 Å². The summed E-state index contributed by atoms with van der Waals surface area (Å²) in [5, 5.41) is 1.56. The minimum Gasteiger partial charge on any atom is -0.497 e.